The van der Waals surface area contributed by atoms with E-state index in [0.717, 1.165) is 11.3 Å². The Bertz CT molecular complexity index is 616. The van der Waals surface area contributed by atoms with Gasteiger partial charge in [0, 0.05) is 6.42 Å². The number of benzene rings is 1. The largest absolute Gasteiger partial charge is 0.496 e. The number of nitrogens with one attached hydrogen (secondary N) is 1. The molecule has 0 radical (unpaired) electrons. The molecule has 0 aliphatic heterocycles. The SMILES string of the molecule is COc1ccccc1CCC(=O)NCc1nc(CSC)no1. The summed E-state index contributed by atoms with van der Waals surface area (Å²) in [6.45, 7) is 0.256. The van der Waals surface area contributed by atoms with Crippen LogP contribution in [0.1, 0.15) is 23.7 Å². The van der Waals surface area contributed by atoms with Crippen LogP contribution >= 0.6 is 11.8 Å². The molecule has 0 unspecified atom stereocenters. The summed E-state index contributed by atoms with van der Waals surface area (Å²) in [5.41, 5.74) is 1.01. The van der Waals surface area contributed by atoms with Crippen molar-refractivity contribution in [1.82, 2.24) is 15.5 Å². The Balaban J connectivity index is 1.78. The number of carbonyl (C=O) groups excluding carboxylic acids is 1. The Morgan fingerprint density at radius 2 is 2.23 bits per heavy atom. The van der Waals surface area contributed by atoms with Crippen LogP contribution in [-0.4, -0.2) is 29.4 Å². The summed E-state index contributed by atoms with van der Waals surface area (Å²) >= 11 is 1.62. The van der Waals surface area contributed by atoms with Crippen molar-refractivity contribution < 1.29 is 14.1 Å². The zero-order chi connectivity index (χ0) is 15.8. The first-order chi connectivity index (χ1) is 10.7. The minimum absolute atomic E-state index is 0.0597. The van der Waals surface area contributed by atoms with Crippen molar-refractivity contribution >= 4 is 17.7 Å². The van der Waals surface area contributed by atoms with Gasteiger partial charge >= 0.3 is 0 Å². The van der Waals surface area contributed by atoms with Gasteiger partial charge < -0.3 is 14.6 Å². The summed E-state index contributed by atoms with van der Waals surface area (Å²) < 4.78 is 10.3. The van der Waals surface area contributed by atoms with E-state index in [1.807, 2.05) is 30.5 Å². The van der Waals surface area contributed by atoms with Gasteiger partial charge in [-0.05, 0) is 24.3 Å². The maximum absolute atomic E-state index is 11.9. The molecule has 1 aromatic heterocycles. The quantitative estimate of drug-likeness (QED) is 0.803. The molecule has 6 nitrogen and oxygen atoms in total. The molecular formula is C15H19N3O3S. The topological polar surface area (TPSA) is 77.2 Å². The third kappa shape index (κ3) is 4.77. The first-order valence-electron chi connectivity index (χ1n) is 6.92. The van der Waals surface area contributed by atoms with E-state index in [1.54, 1.807) is 18.9 Å². The average Bonchev–Trinajstić information content (AvgIpc) is 2.99. The van der Waals surface area contributed by atoms with Crippen LogP contribution in [0.5, 0.6) is 5.75 Å². The molecule has 1 heterocycles. The minimum Gasteiger partial charge on any atom is -0.496 e. The van der Waals surface area contributed by atoms with Crippen LogP contribution in [0.15, 0.2) is 28.8 Å². The van der Waals surface area contributed by atoms with Gasteiger partial charge in [-0.25, -0.2) is 0 Å². The molecule has 0 fully saturated rings. The van der Waals surface area contributed by atoms with Gasteiger partial charge in [0.25, 0.3) is 0 Å². The lowest BCUT2D eigenvalue weighted by Gasteiger charge is -2.07. The Hall–Kier alpha value is -2.02. The maximum Gasteiger partial charge on any atom is 0.246 e. The number of methoxy groups -OCH3 is 1. The molecule has 0 spiro atoms. The van der Waals surface area contributed by atoms with E-state index in [-0.39, 0.29) is 12.5 Å². The highest BCUT2D eigenvalue weighted by Crippen LogP contribution is 2.18. The van der Waals surface area contributed by atoms with E-state index in [1.165, 1.54) is 0 Å². The van der Waals surface area contributed by atoms with Gasteiger partial charge in [0.15, 0.2) is 5.82 Å². The summed E-state index contributed by atoms with van der Waals surface area (Å²) in [6, 6.07) is 7.68. The van der Waals surface area contributed by atoms with Crippen LogP contribution < -0.4 is 10.1 Å². The molecule has 118 valence electrons. The van der Waals surface area contributed by atoms with Gasteiger partial charge in [-0.2, -0.15) is 16.7 Å². The van der Waals surface area contributed by atoms with Crippen LogP contribution in [0.25, 0.3) is 0 Å². The fourth-order valence-corrected chi connectivity index (χ4v) is 2.35. The van der Waals surface area contributed by atoms with E-state index < -0.39 is 0 Å². The number of aryl methyl sites for hydroxylation is 1. The van der Waals surface area contributed by atoms with Crippen LogP contribution in [0.2, 0.25) is 0 Å². The number of hydrogen-bond donors (Lipinski definition) is 1. The lowest BCUT2D eigenvalue weighted by Crippen LogP contribution is -2.23. The number of para-hydroxylation sites is 1. The number of ether oxygens (including phenoxy) is 1. The lowest BCUT2D eigenvalue weighted by molar-refractivity contribution is -0.121. The van der Waals surface area contributed by atoms with Gasteiger partial charge in [-0.15, -0.1) is 0 Å². The van der Waals surface area contributed by atoms with Gasteiger partial charge in [0.2, 0.25) is 11.8 Å². The Kier molecular flexibility index (Phi) is 6.27. The summed E-state index contributed by atoms with van der Waals surface area (Å²) in [7, 11) is 1.63. The number of thioether (sulfide) groups is 1. The Morgan fingerprint density at radius 3 is 3.00 bits per heavy atom. The van der Waals surface area contributed by atoms with E-state index >= 15 is 0 Å². The van der Waals surface area contributed by atoms with E-state index in [9.17, 15) is 4.79 Å². The number of rotatable bonds is 8. The third-order valence-electron chi connectivity index (χ3n) is 3.03. The van der Waals surface area contributed by atoms with Crippen LogP contribution in [-0.2, 0) is 23.5 Å². The molecule has 0 saturated carbocycles. The molecule has 22 heavy (non-hydrogen) atoms. The smallest absolute Gasteiger partial charge is 0.246 e. The monoisotopic (exact) mass is 321 g/mol. The molecule has 1 aromatic carbocycles. The zero-order valence-corrected chi connectivity index (χ0v) is 13.5. The predicted molar refractivity (Wildman–Crippen MR) is 84.7 cm³/mol. The molecule has 0 aliphatic carbocycles. The standard InChI is InChI=1S/C15H19N3O3S/c1-20-12-6-4-3-5-11(12)7-8-14(19)16-9-15-17-13(10-22-2)18-21-15/h3-6H,7-10H2,1-2H3,(H,16,19). The summed E-state index contributed by atoms with van der Waals surface area (Å²) in [4.78, 5) is 16.1. The molecule has 1 N–H and O–H groups in total. The molecule has 0 aliphatic rings. The van der Waals surface area contributed by atoms with Crippen molar-refractivity contribution in [1.29, 1.82) is 0 Å². The van der Waals surface area contributed by atoms with Gasteiger partial charge in [-0.1, -0.05) is 23.4 Å². The fraction of sp³-hybridized carbons (Fsp3) is 0.400. The van der Waals surface area contributed by atoms with Crippen molar-refractivity contribution in [2.45, 2.75) is 25.1 Å². The molecule has 2 aromatic rings. The van der Waals surface area contributed by atoms with Gasteiger partial charge in [0.05, 0.1) is 19.4 Å². The second kappa shape index (κ2) is 8.43. The molecule has 2 rings (SSSR count). The average molecular weight is 321 g/mol. The normalized spacial score (nSPS) is 10.5. The number of nitrogens with zero attached hydrogens (tertiary/aromatic N) is 2. The van der Waals surface area contributed by atoms with Crippen LogP contribution in [0.4, 0.5) is 0 Å². The maximum atomic E-state index is 11.9. The minimum atomic E-state index is -0.0597. The number of carbonyl (C=O) groups is 1. The predicted octanol–water partition coefficient (Wildman–Crippen LogP) is 2.19. The lowest BCUT2D eigenvalue weighted by atomic mass is 10.1. The van der Waals surface area contributed by atoms with Crippen molar-refractivity contribution in [3.63, 3.8) is 0 Å². The van der Waals surface area contributed by atoms with Crippen molar-refractivity contribution in [3.05, 3.63) is 41.5 Å². The summed E-state index contributed by atoms with van der Waals surface area (Å²) in [5.74, 6) is 2.51. The highest BCUT2D eigenvalue weighted by Gasteiger charge is 2.09. The van der Waals surface area contributed by atoms with E-state index in [4.69, 9.17) is 9.26 Å². The highest BCUT2D eigenvalue weighted by molar-refractivity contribution is 7.97. The molecular weight excluding hydrogens is 302 g/mol. The summed E-state index contributed by atoms with van der Waals surface area (Å²) in [5, 5.41) is 6.60. The number of hydrogen-bond acceptors (Lipinski definition) is 6. The highest BCUT2D eigenvalue weighted by atomic mass is 32.2. The van der Waals surface area contributed by atoms with Gasteiger partial charge in [0.1, 0.15) is 5.75 Å². The van der Waals surface area contributed by atoms with E-state index in [0.29, 0.717) is 30.3 Å². The molecule has 1 amide bonds. The second-order valence-electron chi connectivity index (χ2n) is 4.63. The number of amides is 1. The fourth-order valence-electron chi connectivity index (χ4n) is 1.97. The molecule has 7 heteroatoms. The van der Waals surface area contributed by atoms with Crippen molar-refractivity contribution in [3.8, 4) is 5.75 Å². The van der Waals surface area contributed by atoms with Gasteiger partial charge in [-0.3, -0.25) is 4.79 Å². The molecule has 0 atom stereocenters. The van der Waals surface area contributed by atoms with E-state index in [2.05, 4.69) is 15.5 Å². The first kappa shape index (κ1) is 16.4. The van der Waals surface area contributed by atoms with Crippen LogP contribution in [0.3, 0.4) is 0 Å². The molecule has 0 bridgehead atoms. The molecule has 0 saturated heterocycles. The Labute approximate surface area is 133 Å². The number of aromatic nitrogens is 2. The zero-order valence-electron chi connectivity index (χ0n) is 12.7. The third-order valence-corrected chi connectivity index (χ3v) is 3.58. The van der Waals surface area contributed by atoms with Crippen molar-refractivity contribution in [2.75, 3.05) is 13.4 Å². The second-order valence-corrected chi connectivity index (χ2v) is 5.49. The Morgan fingerprint density at radius 1 is 1.41 bits per heavy atom. The summed E-state index contributed by atoms with van der Waals surface area (Å²) in [6.07, 6.45) is 2.97. The van der Waals surface area contributed by atoms with Crippen molar-refractivity contribution in [2.24, 2.45) is 0 Å². The van der Waals surface area contributed by atoms with Crippen LogP contribution in [0, 0.1) is 0 Å². The first-order valence-corrected chi connectivity index (χ1v) is 8.31.